The van der Waals surface area contributed by atoms with Gasteiger partial charge in [-0.3, -0.25) is 4.79 Å². The number of nitrogens with one attached hydrogen (secondary N) is 2. The Morgan fingerprint density at radius 2 is 1.88 bits per heavy atom. The molecular weight excluding hydrogens is 345 g/mol. The second-order valence-corrected chi connectivity index (χ2v) is 6.81. The summed E-state index contributed by atoms with van der Waals surface area (Å²) in [6.45, 7) is 9.04. The fourth-order valence-corrected chi connectivity index (χ4v) is 2.56. The van der Waals surface area contributed by atoms with Crippen molar-refractivity contribution in [1.82, 2.24) is 5.32 Å². The molecule has 1 aliphatic carbocycles. The van der Waals surface area contributed by atoms with Gasteiger partial charge < -0.3 is 16.4 Å². The van der Waals surface area contributed by atoms with E-state index in [1.54, 1.807) is 0 Å². The molecule has 0 radical (unpaired) electrons. The van der Waals surface area contributed by atoms with Crippen molar-refractivity contribution in [3.8, 4) is 0 Å². The Bertz CT molecular complexity index is 533. The lowest BCUT2D eigenvalue weighted by molar-refractivity contribution is 0.0933. The highest BCUT2D eigenvalue weighted by Gasteiger charge is 2.31. The molecule has 1 amide bonds. The van der Waals surface area contributed by atoms with Crippen LogP contribution < -0.4 is 16.4 Å². The van der Waals surface area contributed by atoms with Crippen LogP contribution in [0.3, 0.4) is 0 Å². The van der Waals surface area contributed by atoms with Crippen LogP contribution in [0.5, 0.6) is 0 Å². The van der Waals surface area contributed by atoms with Crippen molar-refractivity contribution >= 4 is 36.4 Å². The van der Waals surface area contributed by atoms with E-state index in [1.807, 2.05) is 25.1 Å². The molecule has 1 fully saturated rings. The van der Waals surface area contributed by atoms with Gasteiger partial charge in [-0.15, -0.1) is 24.8 Å². The van der Waals surface area contributed by atoms with Gasteiger partial charge in [-0.05, 0) is 56.2 Å². The topological polar surface area (TPSA) is 67.2 Å². The first-order valence-electron chi connectivity index (χ1n) is 8.31. The number of anilines is 1. The zero-order valence-corrected chi connectivity index (χ0v) is 16.6. The van der Waals surface area contributed by atoms with Crippen molar-refractivity contribution in [3.63, 3.8) is 0 Å². The summed E-state index contributed by atoms with van der Waals surface area (Å²) in [6, 6.07) is 6.33. The minimum Gasteiger partial charge on any atom is -0.382 e. The van der Waals surface area contributed by atoms with Crippen molar-refractivity contribution in [2.24, 2.45) is 17.6 Å². The van der Waals surface area contributed by atoms with Gasteiger partial charge in [0.1, 0.15) is 0 Å². The molecule has 0 aliphatic heterocycles. The molecule has 138 valence electrons. The Kier molecular flexibility index (Phi) is 9.71. The van der Waals surface area contributed by atoms with Gasteiger partial charge in [0.05, 0.1) is 0 Å². The predicted octanol–water partition coefficient (Wildman–Crippen LogP) is 3.76. The average molecular weight is 376 g/mol. The fraction of sp³-hybridized carbons (Fsp3) is 0.611. The molecule has 2 atom stereocenters. The quantitative estimate of drug-likeness (QED) is 0.679. The summed E-state index contributed by atoms with van der Waals surface area (Å²) in [4.78, 5) is 12.5. The lowest BCUT2D eigenvalue weighted by Gasteiger charge is -2.22. The second-order valence-electron chi connectivity index (χ2n) is 6.81. The van der Waals surface area contributed by atoms with Crippen LogP contribution in [0.15, 0.2) is 18.2 Å². The van der Waals surface area contributed by atoms with Gasteiger partial charge in [-0.2, -0.15) is 0 Å². The van der Waals surface area contributed by atoms with Crippen molar-refractivity contribution in [2.45, 2.75) is 52.6 Å². The van der Waals surface area contributed by atoms with Crippen molar-refractivity contribution in [2.75, 3.05) is 11.9 Å². The molecule has 4 N–H and O–H groups in total. The number of nitrogens with two attached hydrogens (primary N) is 1. The summed E-state index contributed by atoms with van der Waals surface area (Å²) < 4.78 is 0. The van der Waals surface area contributed by atoms with E-state index in [2.05, 4.69) is 31.4 Å². The van der Waals surface area contributed by atoms with Gasteiger partial charge in [0.2, 0.25) is 0 Å². The van der Waals surface area contributed by atoms with Crippen LogP contribution in [0.25, 0.3) is 0 Å². The number of halogens is 2. The lowest BCUT2D eigenvalue weighted by Crippen LogP contribution is -2.42. The van der Waals surface area contributed by atoms with E-state index in [0.29, 0.717) is 24.4 Å². The molecule has 2 unspecified atom stereocenters. The van der Waals surface area contributed by atoms with Crippen LogP contribution >= 0.6 is 24.8 Å². The van der Waals surface area contributed by atoms with Gasteiger partial charge in [-0.25, -0.2) is 0 Å². The number of benzene rings is 1. The largest absolute Gasteiger partial charge is 0.382 e. The molecule has 0 heterocycles. The van der Waals surface area contributed by atoms with Crippen molar-refractivity contribution in [3.05, 3.63) is 29.3 Å². The smallest absolute Gasteiger partial charge is 0.251 e. The summed E-state index contributed by atoms with van der Waals surface area (Å²) in [7, 11) is 0. The first-order chi connectivity index (χ1) is 10.4. The monoisotopic (exact) mass is 375 g/mol. The molecule has 0 spiro atoms. The molecule has 24 heavy (non-hydrogen) atoms. The standard InChI is InChI=1S/C18H29N3O.2ClH/c1-11(2)13(4)20-16-7-5-6-15(12(16)3)18(22)21-17(10-19)14-8-9-14;;/h5-7,11,13-14,17,20H,8-10,19H2,1-4H3,(H,21,22);2*1H. The summed E-state index contributed by atoms with van der Waals surface area (Å²) >= 11 is 0. The number of carbonyl (C=O) groups excluding carboxylic acids is 1. The summed E-state index contributed by atoms with van der Waals surface area (Å²) in [5.41, 5.74) is 8.55. The normalized spacial score (nSPS) is 15.8. The number of amides is 1. The van der Waals surface area contributed by atoms with Crippen LogP contribution in [0.4, 0.5) is 5.69 Å². The number of carbonyl (C=O) groups is 1. The molecule has 2 rings (SSSR count). The van der Waals surface area contributed by atoms with Crippen LogP contribution in [0.1, 0.15) is 49.5 Å². The predicted molar refractivity (Wildman–Crippen MR) is 107 cm³/mol. The first kappa shape index (κ1) is 23.0. The molecule has 0 bridgehead atoms. The molecule has 1 aliphatic rings. The lowest BCUT2D eigenvalue weighted by atomic mass is 10.0. The van der Waals surface area contributed by atoms with E-state index in [4.69, 9.17) is 5.73 Å². The van der Waals surface area contributed by atoms with Gasteiger partial charge in [-0.1, -0.05) is 19.9 Å². The maximum Gasteiger partial charge on any atom is 0.251 e. The van der Waals surface area contributed by atoms with Gasteiger partial charge in [0.25, 0.3) is 5.91 Å². The summed E-state index contributed by atoms with van der Waals surface area (Å²) in [5, 5.41) is 6.60. The van der Waals surface area contributed by atoms with E-state index >= 15 is 0 Å². The van der Waals surface area contributed by atoms with Crippen LogP contribution in [0, 0.1) is 18.8 Å². The fourth-order valence-electron chi connectivity index (χ4n) is 2.56. The van der Waals surface area contributed by atoms with E-state index in [9.17, 15) is 4.79 Å². The number of rotatable bonds is 7. The SMILES string of the molecule is Cc1c(NC(C)C(C)C)cccc1C(=O)NC(CN)C1CC1.Cl.Cl. The van der Waals surface area contributed by atoms with E-state index < -0.39 is 0 Å². The van der Waals surface area contributed by atoms with Gasteiger partial charge >= 0.3 is 0 Å². The van der Waals surface area contributed by atoms with E-state index in [0.717, 1.165) is 16.8 Å². The van der Waals surface area contributed by atoms with Gasteiger partial charge in [0.15, 0.2) is 0 Å². The first-order valence-corrected chi connectivity index (χ1v) is 8.31. The maximum atomic E-state index is 12.5. The summed E-state index contributed by atoms with van der Waals surface area (Å²) in [5.74, 6) is 1.09. The second kappa shape index (κ2) is 10.1. The Labute approximate surface area is 158 Å². The third-order valence-corrected chi connectivity index (χ3v) is 4.72. The third kappa shape index (κ3) is 5.83. The van der Waals surface area contributed by atoms with Crippen LogP contribution in [-0.4, -0.2) is 24.5 Å². The average Bonchev–Trinajstić information content (AvgIpc) is 3.31. The maximum absolute atomic E-state index is 12.5. The molecule has 1 aromatic rings. The summed E-state index contributed by atoms with van der Waals surface area (Å²) in [6.07, 6.45) is 2.35. The molecule has 4 nitrogen and oxygen atoms in total. The molecule has 1 aromatic carbocycles. The number of hydrogen-bond donors (Lipinski definition) is 3. The van der Waals surface area contributed by atoms with Crippen LogP contribution in [-0.2, 0) is 0 Å². The van der Waals surface area contributed by atoms with Crippen molar-refractivity contribution < 1.29 is 4.79 Å². The zero-order valence-electron chi connectivity index (χ0n) is 15.0. The van der Waals surface area contributed by atoms with E-state index in [1.165, 1.54) is 12.8 Å². The minimum absolute atomic E-state index is 0. The molecular formula is C18H31Cl2N3O. The number of hydrogen-bond acceptors (Lipinski definition) is 3. The minimum atomic E-state index is -0.0132. The van der Waals surface area contributed by atoms with Crippen LogP contribution in [0.2, 0.25) is 0 Å². The van der Waals surface area contributed by atoms with E-state index in [-0.39, 0.29) is 36.8 Å². The molecule has 6 heteroatoms. The Hall–Kier alpha value is -0.970. The van der Waals surface area contributed by atoms with Crippen molar-refractivity contribution in [1.29, 1.82) is 0 Å². The molecule has 1 saturated carbocycles. The Morgan fingerprint density at radius 1 is 1.25 bits per heavy atom. The Morgan fingerprint density at radius 3 is 2.38 bits per heavy atom. The highest BCUT2D eigenvalue weighted by Crippen LogP contribution is 2.32. The highest BCUT2D eigenvalue weighted by atomic mass is 35.5. The third-order valence-electron chi connectivity index (χ3n) is 4.72. The van der Waals surface area contributed by atoms with Gasteiger partial charge in [0, 0.05) is 29.9 Å². The molecule has 0 saturated heterocycles. The highest BCUT2D eigenvalue weighted by molar-refractivity contribution is 5.97. The Balaban J connectivity index is 0.00000264. The molecule has 0 aromatic heterocycles. The zero-order chi connectivity index (χ0) is 16.3.